The maximum atomic E-state index is 11.1. The van der Waals surface area contributed by atoms with Crippen molar-refractivity contribution >= 4 is 38.5 Å². The van der Waals surface area contributed by atoms with Crippen molar-refractivity contribution in [3.8, 4) is 11.8 Å². The number of halogens is 3. The van der Waals surface area contributed by atoms with Crippen LogP contribution in [-0.2, 0) is 19.3 Å². The zero-order valence-corrected chi connectivity index (χ0v) is 23.9. The lowest BCUT2D eigenvalue weighted by molar-refractivity contribution is 0.00819. The van der Waals surface area contributed by atoms with Gasteiger partial charge in [0.15, 0.2) is 9.84 Å². The molecule has 216 valence electrons. The van der Waals surface area contributed by atoms with Crippen molar-refractivity contribution < 1.29 is 31.1 Å². The Morgan fingerprint density at radius 2 is 1.90 bits per heavy atom. The van der Waals surface area contributed by atoms with E-state index in [1.54, 1.807) is 6.92 Å². The van der Waals surface area contributed by atoms with Gasteiger partial charge in [0, 0.05) is 37.1 Å². The summed E-state index contributed by atoms with van der Waals surface area (Å²) in [5, 5.41) is 0.286. The van der Waals surface area contributed by atoms with Crippen molar-refractivity contribution in [2.24, 2.45) is 4.99 Å². The first-order valence-corrected chi connectivity index (χ1v) is 14.0. The van der Waals surface area contributed by atoms with Gasteiger partial charge in [-0.05, 0) is 44.7 Å². The van der Waals surface area contributed by atoms with Crippen LogP contribution in [0.15, 0.2) is 53.7 Å². The van der Waals surface area contributed by atoms with E-state index in [0.717, 1.165) is 60.9 Å². The fraction of sp³-hybridized carbons (Fsp3) is 0.429. The minimum Gasteiger partial charge on any atom is -0.501 e. The SMILES string of the molecule is C=CC(C#C/C=C(\C)OC)S(C)(=O)=O.CCCOCCCC=Nc1c(N)nc2ccccc2c1C.FC(F)F. The molecule has 0 radical (unpaired) electrons. The topological polar surface area (TPSA) is 104 Å². The van der Waals surface area contributed by atoms with Crippen LogP contribution in [0.2, 0.25) is 0 Å². The Morgan fingerprint density at radius 1 is 1.26 bits per heavy atom. The van der Waals surface area contributed by atoms with E-state index in [4.69, 9.17) is 15.2 Å². The van der Waals surface area contributed by atoms with Crippen LogP contribution in [0.5, 0.6) is 0 Å². The summed E-state index contributed by atoms with van der Waals surface area (Å²) in [6.45, 7) is 7.24. The van der Waals surface area contributed by atoms with Gasteiger partial charge in [0.2, 0.25) is 0 Å². The molecule has 0 spiro atoms. The van der Waals surface area contributed by atoms with Crippen LogP contribution < -0.4 is 5.73 Å². The molecule has 0 saturated heterocycles. The second-order valence-corrected chi connectivity index (χ2v) is 10.2. The van der Waals surface area contributed by atoms with E-state index in [1.807, 2.05) is 31.3 Å². The molecule has 1 aromatic heterocycles. The lowest BCUT2D eigenvalue weighted by Crippen LogP contribution is -2.14. The van der Waals surface area contributed by atoms with Crippen molar-refractivity contribution in [3.05, 3.63) is 54.3 Å². The van der Waals surface area contributed by atoms with E-state index in [0.29, 0.717) is 11.6 Å². The molecule has 7 nitrogen and oxygen atoms in total. The Bertz CT molecular complexity index is 1250. The van der Waals surface area contributed by atoms with Crippen LogP contribution in [0.1, 0.15) is 38.7 Å². The first-order chi connectivity index (χ1) is 18.4. The maximum absolute atomic E-state index is 11.1. The minimum absolute atomic E-state index is 0.490. The highest BCUT2D eigenvalue weighted by molar-refractivity contribution is 7.91. The first kappa shape index (κ1) is 35.6. The molecule has 39 heavy (non-hydrogen) atoms. The number of para-hydroxylation sites is 1. The zero-order valence-electron chi connectivity index (χ0n) is 23.1. The molecule has 0 aliphatic rings. The monoisotopic (exact) mass is 569 g/mol. The number of nitrogen functional groups attached to an aromatic ring is 1. The molecule has 1 heterocycles. The number of pyridine rings is 1. The third-order valence-corrected chi connectivity index (χ3v) is 6.07. The molecule has 0 fully saturated rings. The number of nitrogens with zero attached hydrogens (tertiary/aromatic N) is 2. The van der Waals surface area contributed by atoms with Crippen molar-refractivity contribution in [1.29, 1.82) is 0 Å². The van der Waals surface area contributed by atoms with Gasteiger partial charge in [-0.15, -0.1) is 6.58 Å². The predicted octanol–water partition coefficient (Wildman–Crippen LogP) is 6.35. The van der Waals surface area contributed by atoms with E-state index >= 15 is 0 Å². The lowest BCUT2D eigenvalue weighted by Gasteiger charge is -2.08. The summed E-state index contributed by atoms with van der Waals surface area (Å²) in [7, 11) is -1.66. The number of rotatable bonds is 10. The molecule has 0 saturated carbocycles. The largest absolute Gasteiger partial charge is 0.501 e. The standard InChI is InChI=1S/C17H23N3O.C10H14O3S.CHF3/c1-3-11-21-12-7-6-10-19-16-13(2)14-8-4-5-9-15(14)20-17(16)18;1-5-10(14(4,11)12)8-6-7-9(2)13-3;2-1(3)4/h4-5,8-10H,3,6-7,11-12H2,1-2H3,(H2,18,20);5,7,10H,1H2,2-4H3;1H/b;9-7+;. The number of hydrogen-bond acceptors (Lipinski definition) is 7. The maximum Gasteiger partial charge on any atom is 0.379 e. The number of aryl methyl sites for hydroxylation is 1. The van der Waals surface area contributed by atoms with E-state index in [-0.39, 0.29) is 0 Å². The van der Waals surface area contributed by atoms with Crippen molar-refractivity contribution in [2.45, 2.75) is 52.0 Å². The average Bonchev–Trinajstić information content (AvgIpc) is 2.87. The number of sulfone groups is 1. The van der Waals surface area contributed by atoms with Gasteiger partial charge in [0.1, 0.15) is 22.5 Å². The molecule has 1 unspecified atom stereocenters. The van der Waals surface area contributed by atoms with Crippen molar-refractivity contribution in [2.75, 3.05) is 32.3 Å². The Hall–Kier alpha value is -3.36. The van der Waals surface area contributed by atoms with Crippen molar-refractivity contribution in [1.82, 2.24) is 4.98 Å². The van der Waals surface area contributed by atoms with Gasteiger partial charge in [-0.25, -0.2) is 13.4 Å². The summed E-state index contributed by atoms with van der Waals surface area (Å²) in [5.74, 6) is 6.29. The number of hydrogen-bond donors (Lipinski definition) is 1. The number of fused-ring (bicyclic) bond motifs is 1. The van der Waals surface area contributed by atoms with Gasteiger partial charge in [0.05, 0.1) is 12.6 Å². The van der Waals surface area contributed by atoms with Crippen LogP contribution >= 0.6 is 0 Å². The summed E-state index contributed by atoms with van der Waals surface area (Å²) in [6, 6.07) is 7.99. The number of nitrogens with two attached hydrogens (primary N) is 1. The molecule has 1 atom stereocenters. The fourth-order valence-electron chi connectivity index (χ4n) is 2.86. The minimum atomic E-state index is -3.67. The normalized spacial score (nSPS) is 12.1. The highest BCUT2D eigenvalue weighted by Crippen LogP contribution is 2.30. The summed E-state index contributed by atoms with van der Waals surface area (Å²) >= 11 is 0. The van der Waals surface area contributed by atoms with E-state index < -0.39 is 21.8 Å². The fourth-order valence-corrected chi connectivity index (χ4v) is 3.49. The van der Waals surface area contributed by atoms with Crippen LogP contribution in [0.4, 0.5) is 24.7 Å². The number of alkyl halides is 3. The van der Waals surface area contributed by atoms with Crippen LogP contribution in [-0.4, -0.2) is 58.1 Å². The van der Waals surface area contributed by atoms with Crippen LogP contribution in [0.3, 0.4) is 0 Å². The second kappa shape index (κ2) is 19.7. The van der Waals surface area contributed by atoms with Crippen LogP contribution in [0, 0.1) is 18.8 Å². The quantitative estimate of drug-likeness (QED) is 0.118. The smallest absolute Gasteiger partial charge is 0.379 e. The molecule has 2 N–H and O–H groups in total. The first-order valence-electron chi connectivity index (χ1n) is 12.1. The number of aliphatic imine (C=N–C) groups is 1. The molecule has 0 bridgehead atoms. The van der Waals surface area contributed by atoms with Crippen LogP contribution in [0.25, 0.3) is 10.9 Å². The van der Waals surface area contributed by atoms with E-state index in [2.05, 4.69) is 41.4 Å². The highest BCUT2D eigenvalue weighted by atomic mass is 32.2. The zero-order chi connectivity index (χ0) is 29.8. The van der Waals surface area contributed by atoms with Gasteiger partial charge in [0.25, 0.3) is 0 Å². The Kier molecular flexibility index (Phi) is 18.0. The Balaban J connectivity index is 0.000000695. The number of unbranched alkanes of at least 4 members (excludes halogenated alkanes) is 1. The molecule has 0 aliphatic heterocycles. The third-order valence-electron chi connectivity index (χ3n) is 4.84. The average molecular weight is 570 g/mol. The summed E-state index contributed by atoms with van der Waals surface area (Å²) in [6.07, 6.45) is 8.77. The second-order valence-electron chi connectivity index (χ2n) is 8.04. The third kappa shape index (κ3) is 15.6. The van der Waals surface area contributed by atoms with Gasteiger partial charge < -0.3 is 15.2 Å². The van der Waals surface area contributed by atoms with Crippen molar-refractivity contribution in [3.63, 3.8) is 0 Å². The molecule has 11 heteroatoms. The summed E-state index contributed by atoms with van der Waals surface area (Å²) in [4.78, 5) is 8.92. The van der Waals surface area contributed by atoms with Gasteiger partial charge in [-0.1, -0.05) is 43.0 Å². The number of anilines is 1. The van der Waals surface area contributed by atoms with Gasteiger partial charge >= 0.3 is 6.68 Å². The number of methoxy groups -OCH3 is 1. The number of ether oxygens (including phenoxy) is 2. The van der Waals surface area contributed by atoms with E-state index in [9.17, 15) is 21.6 Å². The Labute approximate surface area is 229 Å². The van der Waals surface area contributed by atoms with E-state index in [1.165, 1.54) is 19.3 Å². The molecular weight excluding hydrogens is 531 g/mol. The van der Waals surface area contributed by atoms with Gasteiger partial charge in [-0.2, -0.15) is 13.2 Å². The number of aromatic nitrogens is 1. The lowest BCUT2D eigenvalue weighted by atomic mass is 10.1. The highest BCUT2D eigenvalue weighted by Gasteiger charge is 2.12. The molecule has 1 aromatic carbocycles. The molecular formula is C28H38F3N3O4S. The molecule has 2 rings (SSSR count). The number of allylic oxidation sites excluding steroid dienone is 2. The predicted molar refractivity (Wildman–Crippen MR) is 154 cm³/mol. The summed E-state index contributed by atoms with van der Waals surface area (Å²) < 4.78 is 61.4. The Morgan fingerprint density at radius 3 is 2.46 bits per heavy atom. The number of benzene rings is 1. The van der Waals surface area contributed by atoms with Gasteiger partial charge in [-0.3, -0.25) is 4.99 Å². The summed E-state index contributed by atoms with van der Waals surface area (Å²) in [5.41, 5.74) is 8.80. The molecule has 2 aromatic rings. The molecule has 0 aliphatic carbocycles. The molecule has 0 amide bonds.